The van der Waals surface area contributed by atoms with Gasteiger partial charge in [-0.3, -0.25) is 4.79 Å². The molecule has 116 valence electrons. The lowest BCUT2D eigenvalue weighted by Gasteiger charge is -2.18. The van der Waals surface area contributed by atoms with Gasteiger partial charge in [-0.1, -0.05) is 23.7 Å². The Morgan fingerprint density at radius 2 is 2.04 bits per heavy atom. The SMILES string of the molecule is CN(Cc1ccc(C#N)cc1)C(=O)c1cc(Cl)c2c(c1)OCO2. The van der Waals surface area contributed by atoms with Crippen molar-refractivity contribution in [2.75, 3.05) is 13.8 Å². The average Bonchev–Trinajstić information content (AvgIpc) is 3.04. The maximum absolute atomic E-state index is 12.5. The quantitative estimate of drug-likeness (QED) is 0.868. The smallest absolute Gasteiger partial charge is 0.254 e. The molecule has 0 saturated carbocycles. The van der Waals surface area contributed by atoms with Gasteiger partial charge in [-0.25, -0.2) is 0 Å². The van der Waals surface area contributed by atoms with Gasteiger partial charge in [0.1, 0.15) is 0 Å². The number of fused-ring (bicyclic) bond motifs is 1. The van der Waals surface area contributed by atoms with Crippen LogP contribution in [0.1, 0.15) is 21.5 Å². The van der Waals surface area contributed by atoms with Crippen molar-refractivity contribution < 1.29 is 14.3 Å². The fourth-order valence-electron chi connectivity index (χ4n) is 2.34. The predicted octanol–water partition coefficient (Wildman–Crippen LogP) is 3.21. The van der Waals surface area contributed by atoms with Crippen molar-refractivity contribution in [3.63, 3.8) is 0 Å². The average molecular weight is 329 g/mol. The summed E-state index contributed by atoms with van der Waals surface area (Å²) in [5, 5.41) is 9.16. The molecule has 6 heteroatoms. The molecule has 23 heavy (non-hydrogen) atoms. The predicted molar refractivity (Wildman–Crippen MR) is 84.5 cm³/mol. The fraction of sp³-hybridized carbons (Fsp3) is 0.176. The van der Waals surface area contributed by atoms with Crippen molar-refractivity contribution in [1.29, 1.82) is 5.26 Å². The van der Waals surface area contributed by atoms with E-state index in [4.69, 9.17) is 26.3 Å². The fourth-order valence-corrected chi connectivity index (χ4v) is 2.61. The third kappa shape index (κ3) is 3.08. The van der Waals surface area contributed by atoms with Crippen molar-refractivity contribution in [2.24, 2.45) is 0 Å². The van der Waals surface area contributed by atoms with Crippen LogP contribution in [0, 0.1) is 11.3 Å². The topological polar surface area (TPSA) is 62.6 Å². The summed E-state index contributed by atoms with van der Waals surface area (Å²) >= 11 is 6.11. The molecule has 1 amide bonds. The van der Waals surface area contributed by atoms with E-state index in [1.165, 1.54) is 0 Å². The van der Waals surface area contributed by atoms with Gasteiger partial charge in [0.15, 0.2) is 11.5 Å². The molecular formula is C17H13ClN2O3. The number of nitriles is 1. The first-order valence-corrected chi connectivity index (χ1v) is 7.30. The second kappa shape index (κ2) is 6.19. The highest BCUT2D eigenvalue weighted by atomic mass is 35.5. The van der Waals surface area contributed by atoms with E-state index in [2.05, 4.69) is 6.07 Å². The molecule has 0 aromatic heterocycles. The number of hydrogen-bond donors (Lipinski definition) is 0. The molecule has 0 bridgehead atoms. The molecule has 0 N–H and O–H groups in total. The van der Waals surface area contributed by atoms with Gasteiger partial charge >= 0.3 is 0 Å². The van der Waals surface area contributed by atoms with Crippen LogP contribution in [0.4, 0.5) is 0 Å². The molecule has 0 unspecified atom stereocenters. The minimum Gasteiger partial charge on any atom is -0.454 e. The lowest BCUT2D eigenvalue weighted by Crippen LogP contribution is -2.26. The van der Waals surface area contributed by atoms with E-state index in [1.807, 2.05) is 12.1 Å². The van der Waals surface area contributed by atoms with Gasteiger partial charge in [-0.2, -0.15) is 5.26 Å². The van der Waals surface area contributed by atoms with Gasteiger partial charge < -0.3 is 14.4 Å². The minimum atomic E-state index is -0.172. The molecule has 1 aliphatic heterocycles. The molecular weight excluding hydrogens is 316 g/mol. The van der Waals surface area contributed by atoms with E-state index in [9.17, 15) is 4.79 Å². The third-order valence-corrected chi connectivity index (χ3v) is 3.80. The zero-order chi connectivity index (χ0) is 16.4. The lowest BCUT2D eigenvalue weighted by atomic mass is 10.1. The molecule has 1 aliphatic rings. The van der Waals surface area contributed by atoms with Crippen LogP contribution in [0.5, 0.6) is 11.5 Å². The highest BCUT2D eigenvalue weighted by Crippen LogP contribution is 2.40. The number of rotatable bonds is 3. The monoisotopic (exact) mass is 328 g/mol. The summed E-state index contributed by atoms with van der Waals surface area (Å²) in [6, 6.07) is 12.4. The van der Waals surface area contributed by atoms with Crippen molar-refractivity contribution in [3.8, 4) is 17.6 Å². The molecule has 0 fully saturated rings. The minimum absolute atomic E-state index is 0.105. The van der Waals surface area contributed by atoms with Crippen LogP contribution in [0.3, 0.4) is 0 Å². The number of nitrogens with zero attached hydrogens (tertiary/aromatic N) is 2. The second-order valence-electron chi connectivity index (χ2n) is 5.16. The molecule has 2 aromatic carbocycles. The van der Waals surface area contributed by atoms with E-state index < -0.39 is 0 Å². The summed E-state index contributed by atoms with van der Waals surface area (Å²) in [5.74, 6) is 0.778. The molecule has 0 saturated heterocycles. The highest BCUT2D eigenvalue weighted by molar-refractivity contribution is 6.32. The maximum Gasteiger partial charge on any atom is 0.254 e. The van der Waals surface area contributed by atoms with Gasteiger partial charge in [0.05, 0.1) is 16.7 Å². The number of benzene rings is 2. The summed E-state index contributed by atoms with van der Waals surface area (Å²) in [6.45, 7) is 0.532. The zero-order valence-corrected chi connectivity index (χ0v) is 13.1. The van der Waals surface area contributed by atoms with E-state index >= 15 is 0 Å². The van der Waals surface area contributed by atoms with Gasteiger partial charge in [-0.05, 0) is 29.8 Å². The maximum atomic E-state index is 12.5. The summed E-state index contributed by atoms with van der Waals surface area (Å²) < 4.78 is 10.5. The first-order chi connectivity index (χ1) is 11.1. The van der Waals surface area contributed by atoms with E-state index in [0.29, 0.717) is 34.2 Å². The van der Waals surface area contributed by atoms with Crippen molar-refractivity contribution >= 4 is 17.5 Å². The largest absolute Gasteiger partial charge is 0.454 e. The van der Waals surface area contributed by atoms with E-state index in [0.717, 1.165) is 5.56 Å². The van der Waals surface area contributed by atoms with Crippen molar-refractivity contribution in [2.45, 2.75) is 6.54 Å². The Bertz CT molecular complexity index is 797. The first kappa shape index (κ1) is 15.2. The van der Waals surface area contributed by atoms with Crippen molar-refractivity contribution in [3.05, 3.63) is 58.1 Å². The molecule has 0 atom stereocenters. The summed E-state index contributed by atoms with van der Waals surface area (Å²) in [7, 11) is 1.71. The number of carbonyl (C=O) groups is 1. The molecule has 0 aliphatic carbocycles. The normalized spacial score (nSPS) is 11.9. The number of amides is 1. The Morgan fingerprint density at radius 3 is 2.74 bits per heavy atom. The van der Waals surface area contributed by atoms with Crippen LogP contribution in [-0.4, -0.2) is 24.6 Å². The number of carbonyl (C=O) groups excluding carboxylic acids is 1. The van der Waals surface area contributed by atoms with Crippen LogP contribution < -0.4 is 9.47 Å². The summed E-state index contributed by atoms with van der Waals surface area (Å²) in [5.41, 5.74) is 1.97. The molecule has 5 nitrogen and oxygen atoms in total. The molecule has 2 aromatic rings. The van der Waals surface area contributed by atoms with Gasteiger partial charge in [0, 0.05) is 19.2 Å². The van der Waals surface area contributed by atoms with Crippen LogP contribution in [0.25, 0.3) is 0 Å². The second-order valence-corrected chi connectivity index (χ2v) is 5.57. The molecule has 3 rings (SSSR count). The molecule has 1 heterocycles. The van der Waals surface area contributed by atoms with E-state index in [1.54, 1.807) is 36.2 Å². The Balaban J connectivity index is 1.77. The Morgan fingerprint density at radius 1 is 1.30 bits per heavy atom. The number of halogens is 1. The summed E-state index contributed by atoms with van der Waals surface area (Å²) in [6.07, 6.45) is 0. The van der Waals surface area contributed by atoms with Crippen LogP contribution in [0.2, 0.25) is 5.02 Å². The van der Waals surface area contributed by atoms with E-state index in [-0.39, 0.29) is 12.7 Å². The van der Waals surface area contributed by atoms with Crippen LogP contribution in [-0.2, 0) is 6.54 Å². The Labute approximate surface area is 138 Å². The lowest BCUT2D eigenvalue weighted by molar-refractivity contribution is 0.0784. The molecule has 0 radical (unpaired) electrons. The number of ether oxygens (including phenoxy) is 2. The molecule has 0 spiro atoms. The standard InChI is InChI=1S/C17H13ClN2O3/c1-20(9-12-4-2-11(8-19)3-5-12)17(21)13-6-14(18)16-15(7-13)22-10-23-16/h2-7H,9-10H2,1H3. The summed E-state index contributed by atoms with van der Waals surface area (Å²) in [4.78, 5) is 14.1. The van der Waals surface area contributed by atoms with Gasteiger partial charge in [0.2, 0.25) is 6.79 Å². The Kier molecular flexibility index (Phi) is 4.09. The first-order valence-electron chi connectivity index (χ1n) is 6.92. The highest BCUT2D eigenvalue weighted by Gasteiger charge is 2.22. The zero-order valence-electron chi connectivity index (χ0n) is 12.4. The van der Waals surface area contributed by atoms with Gasteiger partial charge in [-0.15, -0.1) is 0 Å². The number of hydrogen-bond acceptors (Lipinski definition) is 4. The van der Waals surface area contributed by atoms with Crippen LogP contribution in [0.15, 0.2) is 36.4 Å². The Hall–Kier alpha value is -2.71. The third-order valence-electron chi connectivity index (χ3n) is 3.52. The van der Waals surface area contributed by atoms with Crippen molar-refractivity contribution in [1.82, 2.24) is 4.90 Å². The van der Waals surface area contributed by atoms with Gasteiger partial charge in [0.25, 0.3) is 5.91 Å². The van der Waals surface area contributed by atoms with Crippen LogP contribution >= 0.6 is 11.6 Å².